The number of hydrogen-bond donors (Lipinski definition) is 1. The smallest absolute Gasteiger partial charge is 0.232 e. The van der Waals surface area contributed by atoms with Gasteiger partial charge in [0, 0.05) is 37.6 Å². The Bertz CT molecular complexity index is 416. The summed E-state index contributed by atoms with van der Waals surface area (Å²) in [5.41, 5.74) is 0.865. The predicted octanol–water partition coefficient (Wildman–Crippen LogP) is 0.591. The molecule has 0 radical (unpaired) electrons. The predicted molar refractivity (Wildman–Crippen MR) is 74.8 cm³/mol. The fourth-order valence-electron chi connectivity index (χ4n) is 2.24. The van der Waals surface area contributed by atoms with Crippen LogP contribution in [0.2, 0.25) is 0 Å². The van der Waals surface area contributed by atoms with Gasteiger partial charge in [-0.05, 0) is 12.2 Å². The number of hydrogen-bond acceptors (Lipinski definition) is 5. The zero-order chi connectivity index (χ0) is 13.7. The summed E-state index contributed by atoms with van der Waals surface area (Å²) in [6.07, 6.45) is 5.20. The van der Waals surface area contributed by atoms with Crippen molar-refractivity contribution in [3.8, 4) is 0 Å². The Hall–Kier alpha value is -1.14. The van der Waals surface area contributed by atoms with Gasteiger partial charge in [0.2, 0.25) is 5.91 Å². The van der Waals surface area contributed by atoms with Gasteiger partial charge in [-0.15, -0.1) is 0 Å². The first-order valence-electron chi connectivity index (χ1n) is 6.49. The quantitative estimate of drug-likeness (QED) is 0.856. The summed E-state index contributed by atoms with van der Waals surface area (Å²) in [6.45, 7) is 3.09. The zero-order valence-electron chi connectivity index (χ0n) is 11.0. The number of aliphatic hydroxyl groups excluding tert-OH is 1. The molecule has 5 nitrogen and oxygen atoms in total. The van der Waals surface area contributed by atoms with Crippen molar-refractivity contribution in [2.24, 2.45) is 5.92 Å². The molecule has 0 saturated carbocycles. The van der Waals surface area contributed by atoms with Crippen LogP contribution in [0.1, 0.15) is 12.6 Å². The summed E-state index contributed by atoms with van der Waals surface area (Å²) >= 11 is 1.61. The molecule has 1 aliphatic rings. The van der Waals surface area contributed by atoms with E-state index in [9.17, 15) is 9.90 Å². The Morgan fingerprint density at radius 1 is 1.53 bits per heavy atom. The van der Waals surface area contributed by atoms with Crippen LogP contribution in [0.5, 0.6) is 0 Å². The van der Waals surface area contributed by atoms with Crippen molar-refractivity contribution in [3.05, 3.63) is 24.3 Å². The van der Waals surface area contributed by atoms with Crippen LogP contribution >= 0.6 is 11.8 Å². The van der Waals surface area contributed by atoms with E-state index in [1.807, 2.05) is 6.92 Å². The van der Waals surface area contributed by atoms with E-state index in [-0.39, 0.29) is 11.8 Å². The highest BCUT2D eigenvalue weighted by molar-refractivity contribution is 7.99. The van der Waals surface area contributed by atoms with E-state index in [1.54, 1.807) is 35.3 Å². The number of carbonyl (C=O) groups is 1. The lowest BCUT2D eigenvalue weighted by molar-refractivity contribution is -0.127. The molecule has 1 fully saturated rings. The van der Waals surface area contributed by atoms with Crippen LogP contribution in [-0.4, -0.2) is 56.6 Å². The summed E-state index contributed by atoms with van der Waals surface area (Å²) in [5.74, 6) is 1.62. The molecule has 2 atom stereocenters. The minimum atomic E-state index is -0.461. The van der Waals surface area contributed by atoms with Gasteiger partial charge >= 0.3 is 0 Å². The van der Waals surface area contributed by atoms with Gasteiger partial charge < -0.3 is 10.0 Å². The first-order chi connectivity index (χ1) is 9.20. The third-order valence-corrected chi connectivity index (χ3v) is 4.14. The summed E-state index contributed by atoms with van der Waals surface area (Å²) in [6, 6.07) is 0. The van der Waals surface area contributed by atoms with Crippen LogP contribution in [0.3, 0.4) is 0 Å². The van der Waals surface area contributed by atoms with Crippen molar-refractivity contribution in [1.29, 1.82) is 0 Å². The van der Waals surface area contributed by atoms with Crippen molar-refractivity contribution in [1.82, 2.24) is 14.9 Å². The number of rotatable bonds is 5. The van der Waals surface area contributed by atoms with Crippen LogP contribution in [0.4, 0.5) is 0 Å². The number of likely N-dealkylation sites (tertiary alicyclic amines) is 1. The van der Waals surface area contributed by atoms with Gasteiger partial charge in [0.25, 0.3) is 0 Å². The number of nitrogens with zero attached hydrogens (tertiary/aromatic N) is 3. The lowest BCUT2D eigenvalue weighted by Gasteiger charge is -2.15. The van der Waals surface area contributed by atoms with Gasteiger partial charge in [-0.1, -0.05) is 6.92 Å². The molecule has 19 heavy (non-hydrogen) atoms. The van der Waals surface area contributed by atoms with E-state index < -0.39 is 6.10 Å². The first kappa shape index (κ1) is 14.3. The van der Waals surface area contributed by atoms with Gasteiger partial charge in [0.1, 0.15) is 0 Å². The maximum Gasteiger partial charge on any atom is 0.232 e. The summed E-state index contributed by atoms with van der Waals surface area (Å²) < 4.78 is 0. The van der Waals surface area contributed by atoms with Crippen LogP contribution in [-0.2, 0) is 11.2 Å². The van der Waals surface area contributed by atoms with Crippen LogP contribution < -0.4 is 0 Å². The SMILES string of the molecule is CCSCC(=O)N1C[C@@H](Cc2cnccn2)[C@H](O)C1. The monoisotopic (exact) mass is 281 g/mol. The van der Waals surface area contributed by atoms with E-state index in [0.29, 0.717) is 25.3 Å². The zero-order valence-corrected chi connectivity index (χ0v) is 11.8. The van der Waals surface area contributed by atoms with E-state index >= 15 is 0 Å². The van der Waals surface area contributed by atoms with E-state index in [0.717, 1.165) is 11.4 Å². The fraction of sp³-hybridized carbons (Fsp3) is 0.615. The lowest BCUT2D eigenvalue weighted by atomic mass is 10.0. The van der Waals surface area contributed by atoms with Gasteiger partial charge in [-0.2, -0.15) is 11.8 Å². The van der Waals surface area contributed by atoms with Crippen molar-refractivity contribution < 1.29 is 9.90 Å². The highest BCUT2D eigenvalue weighted by Gasteiger charge is 2.33. The van der Waals surface area contributed by atoms with Gasteiger partial charge in [-0.3, -0.25) is 14.8 Å². The Morgan fingerprint density at radius 2 is 2.37 bits per heavy atom. The molecule has 0 aromatic carbocycles. The van der Waals surface area contributed by atoms with Crippen LogP contribution in [0.15, 0.2) is 18.6 Å². The molecule has 1 aromatic heterocycles. The summed E-state index contributed by atoms with van der Waals surface area (Å²) in [4.78, 5) is 21.9. The van der Waals surface area contributed by atoms with Gasteiger partial charge in [0.05, 0.1) is 17.6 Å². The molecule has 1 aliphatic heterocycles. The molecule has 6 heteroatoms. The number of aromatic nitrogens is 2. The molecule has 1 amide bonds. The normalized spacial score (nSPS) is 22.7. The second-order valence-corrected chi connectivity index (χ2v) is 5.94. The van der Waals surface area contributed by atoms with Crippen molar-refractivity contribution in [2.75, 3.05) is 24.6 Å². The highest BCUT2D eigenvalue weighted by Crippen LogP contribution is 2.21. The molecule has 1 N–H and O–H groups in total. The maximum atomic E-state index is 11.9. The molecule has 2 heterocycles. The van der Waals surface area contributed by atoms with E-state index in [1.165, 1.54) is 0 Å². The average molecular weight is 281 g/mol. The van der Waals surface area contributed by atoms with Crippen molar-refractivity contribution in [2.45, 2.75) is 19.4 Å². The van der Waals surface area contributed by atoms with Crippen LogP contribution in [0, 0.1) is 5.92 Å². The Morgan fingerprint density at radius 3 is 3.05 bits per heavy atom. The number of thioether (sulfide) groups is 1. The lowest BCUT2D eigenvalue weighted by Crippen LogP contribution is -2.31. The number of carbonyl (C=O) groups excluding carboxylic acids is 1. The molecular weight excluding hydrogens is 262 g/mol. The molecule has 0 spiro atoms. The number of amides is 1. The van der Waals surface area contributed by atoms with Gasteiger partial charge in [0.15, 0.2) is 0 Å². The third-order valence-electron chi connectivity index (χ3n) is 3.28. The summed E-state index contributed by atoms with van der Waals surface area (Å²) in [7, 11) is 0. The van der Waals surface area contributed by atoms with Crippen LogP contribution in [0.25, 0.3) is 0 Å². The maximum absolute atomic E-state index is 11.9. The second-order valence-electron chi connectivity index (χ2n) is 4.66. The molecule has 0 aliphatic carbocycles. The second kappa shape index (κ2) is 6.86. The number of β-amino-alcohol motifs (C(OH)–C–C–N with tert-alkyl or cyclic N) is 1. The number of aliphatic hydroxyl groups is 1. The molecule has 104 valence electrons. The Labute approximate surface area is 117 Å². The van der Waals surface area contributed by atoms with Crippen molar-refractivity contribution in [3.63, 3.8) is 0 Å². The molecular formula is C13H19N3O2S. The fourth-order valence-corrected chi connectivity index (χ4v) is 2.80. The minimum absolute atomic E-state index is 0.0623. The molecule has 0 bridgehead atoms. The minimum Gasteiger partial charge on any atom is -0.391 e. The third kappa shape index (κ3) is 3.91. The molecule has 2 rings (SSSR count). The van der Waals surface area contributed by atoms with E-state index in [4.69, 9.17) is 0 Å². The van der Waals surface area contributed by atoms with Crippen molar-refractivity contribution >= 4 is 17.7 Å². The standard InChI is InChI=1S/C13H19N3O2S/c1-2-19-9-13(18)16-7-10(12(17)8-16)5-11-6-14-3-4-15-11/h3-4,6,10,12,17H,2,5,7-9H2,1H3/t10-,12-/m1/s1. The Balaban J connectivity index is 1.89. The van der Waals surface area contributed by atoms with E-state index in [2.05, 4.69) is 9.97 Å². The molecule has 1 aromatic rings. The topological polar surface area (TPSA) is 66.3 Å². The first-order valence-corrected chi connectivity index (χ1v) is 7.64. The molecule has 1 saturated heterocycles. The average Bonchev–Trinajstić information content (AvgIpc) is 2.79. The molecule has 0 unspecified atom stereocenters. The highest BCUT2D eigenvalue weighted by atomic mass is 32.2. The Kier molecular flexibility index (Phi) is 5.15. The summed E-state index contributed by atoms with van der Waals surface area (Å²) in [5, 5.41) is 10.0. The largest absolute Gasteiger partial charge is 0.391 e. The van der Waals surface area contributed by atoms with Gasteiger partial charge in [-0.25, -0.2) is 0 Å².